The summed E-state index contributed by atoms with van der Waals surface area (Å²) in [5.74, 6) is 0. The van der Waals surface area contributed by atoms with Crippen molar-refractivity contribution in [3.8, 4) is 67.3 Å². The van der Waals surface area contributed by atoms with Crippen molar-refractivity contribution < 1.29 is 0 Å². The normalized spacial score (nSPS) is 11.6. The highest BCUT2D eigenvalue weighted by Gasteiger charge is 2.19. The van der Waals surface area contributed by atoms with Crippen molar-refractivity contribution in [2.45, 2.75) is 0 Å². The first-order valence-electron chi connectivity index (χ1n) is 22.5. The Hall–Kier alpha value is -8.86. The lowest BCUT2D eigenvalue weighted by Crippen LogP contribution is -1.97. The van der Waals surface area contributed by atoms with Gasteiger partial charge in [-0.3, -0.25) is 0 Å². The number of hydrogen-bond donors (Lipinski definition) is 0. The van der Waals surface area contributed by atoms with Crippen molar-refractivity contribution in [1.29, 1.82) is 0 Å². The summed E-state index contributed by atoms with van der Waals surface area (Å²) in [5.41, 5.74) is 19.7. The van der Waals surface area contributed by atoms with E-state index in [1.54, 1.807) is 0 Å². The molecule has 0 aliphatic heterocycles. The van der Waals surface area contributed by atoms with Crippen LogP contribution in [0, 0.1) is 0 Å². The predicted molar refractivity (Wildman–Crippen MR) is 275 cm³/mol. The number of nitrogens with zero attached hydrogens (tertiary/aromatic N) is 4. The molecule has 10 aromatic carbocycles. The van der Waals surface area contributed by atoms with Gasteiger partial charge in [-0.15, -0.1) is 0 Å². The Kier molecular flexibility index (Phi) is 8.81. The Balaban J connectivity index is 0.936. The number of rotatable bonds is 7. The summed E-state index contributed by atoms with van der Waals surface area (Å²) in [6.07, 6.45) is 0. The second-order valence-electron chi connectivity index (χ2n) is 17.0. The second-order valence-corrected chi connectivity index (χ2v) is 17.0. The fourth-order valence-electron chi connectivity index (χ4n) is 10.0. The monoisotopic (exact) mass is 840 g/mol. The van der Waals surface area contributed by atoms with E-state index < -0.39 is 0 Å². The van der Waals surface area contributed by atoms with Gasteiger partial charge in [0.1, 0.15) is 0 Å². The van der Waals surface area contributed by atoms with Crippen LogP contribution in [0.2, 0.25) is 0 Å². The lowest BCUT2D eigenvalue weighted by molar-refractivity contribution is 1.18. The van der Waals surface area contributed by atoms with Gasteiger partial charge in [-0.05, 0) is 112 Å². The van der Waals surface area contributed by atoms with Gasteiger partial charge in [-0.2, -0.15) is 0 Å². The van der Waals surface area contributed by atoms with Crippen LogP contribution in [0.3, 0.4) is 0 Å². The summed E-state index contributed by atoms with van der Waals surface area (Å²) < 4.78 is 4.78. The molecule has 4 nitrogen and oxygen atoms in total. The molecule has 0 saturated carbocycles. The molecule has 3 aromatic heterocycles. The van der Waals surface area contributed by atoms with Crippen LogP contribution in [0.5, 0.6) is 0 Å². The maximum atomic E-state index is 5.17. The smallest absolute Gasteiger partial charge is 0.0973 e. The molecule has 0 saturated heterocycles. The van der Waals surface area contributed by atoms with E-state index in [1.165, 1.54) is 66.0 Å². The van der Waals surface area contributed by atoms with E-state index >= 15 is 0 Å². The first-order valence-corrected chi connectivity index (χ1v) is 22.5. The number of hydrogen-bond acceptors (Lipinski definition) is 2. The first kappa shape index (κ1) is 37.7. The zero-order valence-electron chi connectivity index (χ0n) is 35.9. The first-order chi connectivity index (χ1) is 32.7. The van der Waals surface area contributed by atoms with Crippen LogP contribution < -0.4 is 0 Å². The predicted octanol–water partition coefficient (Wildman–Crippen LogP) is 16.2. The third-order valence-corrected chi connectivity index (χ3v) is 13.1. The summed E-state index contributed by atoms with van der Waals surface area (Å²) in [4.78, 5) is 10.3. The third kappa shape index (κ3) is 6.22. The Bertz CT molecular complexity index is 3960. The average Bonchev–Trinajstić information content (AvgIpc) is 3.91. The van der Waals surface area contributed by atoms with Crippen LogP contribution >= 0.6 is 0 Å². The van der Waals surface area contributed by atoms with Crippen molar-refractivity contribution in [3.63, 3.8) is 0 Å². The van der Waals surface area contributed by atoms with Gasteiger partial charge < -0.3 is 9.13 Å². The van der Waals surface area contributed by atoms with Crippen LogP contribution in [0.4, 0.5) is 0 Å². The number of benzene rings is 10. The molecule has 0 fully saturated rings. The summed E-state index contributed by atoms with van der Waals surface area (Å²) in [5, 5.41) is 4.88. The number of para-hydroxylation sites is 4. The molecule has 0 amide bonds. The largest absolute Gasteiger partial charge is 0.309 e. The molecule has 13 aromatic rings. The highest BCUT2D eigenvalue weighted by Crippen LogP contribution is 2.41. The molecule has 0 unspecified atom stereocenters. The molecule has 0 aliphatic carbocycles. The second kappa shape index (κ2) is 15.4. The van der Waals surface area contributed by atoms with Crippen molar-refractivity contribution in [2.24, 2.45) is 0 Å². The number of aromatic nitrogens is 4. The van der Waals surface area contributed by atoms with Crippen molar-refractivity contribution in [3.05, 3.63) is 243 Å². The maximum Gasteiger partial charge on any atom is 0.0973 e. The molecular formula is C62H40N4. The van der Waals surface area contributed by atoms with E-state index in [1.807, 2.05) is 30.3 Å². The molecule has 3 heterocycles. The Morgan fingerprint density at radius 3 is 1.21 bits per heavy atom. The topological polar surface area (TPSA) is 35.6 Å². The molecule has 0 aliphatic rings. The molecule has 308 valence electrons. The zero-order valence-corrected chi connectivity index (χ0v) is 35.9. The third-order valence-electron chi connectivity index (χ3n) is 13.1. The Morgan fingerprint density at radius 1 is 0.242 bits per heavy atom. The van der Waals surface area contributed by atoms with E-state index in [0.717, 1.165) is 56.0 Å². The molecular weight excluding hydrogens is 801 g/mol. The zero-order chi connectivity index (χ0) is 43.6. The quantitative estimate of drug-likeness (QED) is 0.160. The minimum absolute atomic E-state index is 0.871. The van der Waals surface area contributed by atoms with Gasteiger partial charge in [0, 0.05) is 44.0 Å². The van der Waals surface area contributed by atoms with Gasteiger partial charge in [0.15, 0.2) is 0 Å². The van der Waals surface area contributed by atoms with Crippen LogP contribution in [0.1, 0.15) is 0 Å². The lowest BCUT2D eigenvalue weighted by Gasteiger charge is -2.12. The van der Waals surface area contributed by atoms with E-state index in [0.29, 0.717) is 0 Å². The van der Waals surface area contributed by atoms with Gasteiger partial charge in [-0.25, -0.2) is 9.97 Å². The van der Waals surface area contributed by atoms with Gasteiger partial charge in [0.2, 0.25) is 0 Å². The highest BCUT2D eigenvalue weighted by molar-refractivity contribution is 6.13. The van der Waals surface area contributed by atoms with E-state index in [-0.39, 0.29) is 0 Å². The minimum atomic E-state index is 0.871. The summed E-state index contributed by atoms with van der Waals surface area (Å²) in [7, 11) is 0. The summed E-state index contributed by atoms with van der Waals surface area (Å²) in [6, 6.07) is 87.0. The van der Waals surface area contributed by atoms with Gasteiger partial charge in [-0.1, -0.05) is 164 Å². The van der Waals surface area contributed by atoms with E-state index in [4.69, 9.17) is 9.97 Å². The van der Waals surface area contributed by atoms with Crippen LogP contribution in [0.25, 0.3) is 122 Å². The lowest BCUT2D eigenvalue weighted by atomic mass is 9.93. The van der Waals surface area contributed by atoms with Crippen molar-refractivity contribution in [1.82, 2.24) is 19.1 Å². The fourth-order valence-corrected chi connectivity index (χ4v) is 10.0. The molecule has 66 heavy (non-hydrogen) atoms. The molecule has 0 bridgehead atoms. The van der Waals surface area contributed by atoms with Gasteiger partial charge >= 0.3 is 0 Å². The van der Waals surface area contributed by atoms with Crippen LogP contribution in [-0.2, 0) is 0 Å². The minimum Gasteiger partial charge on any atom is -0.309 e. The van der Waals surface area contributed by atoms with Crippen LogP contribution in [-0.4, -0.2) is 19.1 Å². The fraction of sp³-hybridized carbons (Fsp3) is 0. The molecule has 0 spiro atoms. The molecule has 4 heteroatoms. The maximum absolute atomic E-state index is 5.17. The summed E-state index contributed by atoms with van der Waals surface area (Å²) >= 11 is 0. The Labute approximate surface area is 382 Å². The number of fused-ring (bicyclic) bond motifs is 7. The molecule has 0 radical (unpaired) electrons. The standard InChI is InChI=1S/C62H40N4/c1-4-16-41(17-5-1)49-22-10-11-23-50(49)46-32-37-60-54(40-46)53-39-45(31-36-59(53)65(60)47-20-8-3-9-21-47)44-30-35-58-52(38-44)51-24-12-15-27-57(51)66(58)48-33-28-43(29-34-48)62-61(42-18-6-2-7-19-42)63-55-25-13-14-26-56(55)64-62/h1-40H. The van der Waals surface area contributed by atoms with Crippen molar-refractivity contribution >= 4 is 54.6 Å². The van der Waals surface area contributed by atoms with E-state index in [2.05, 4.69) is 221 Å². The van der Waals surface area contributed by atoms with Crippen LogP contribution in [0.15, 0.2) is 243 Å². The molecule has 0 atom stereocenters. The SMILES string of the molecule is c1ccc(-c2ccccc2-c2ccc3c(c2)c2cc(-c4ccc5c(c4)c4ccccc4n5-c4ccc(-c5nc6ccccc6nc5-c5ccccc5)cc4)ccc2n3-c2ccccc2)cc1. The van der Waals surface area contributed by atoms with Gasteiger partial charge in [0.25, 0.3) is 0 Å². The average molecular weight is 841 g/mol. The van der Waals surface area contributed by atoms with Gasteiger partial charge in [0.05, 0.1) is 44.5 Å². The molecule has 0 N–H and O–H groups in total. The molecule has 13 rings (SSSR count). The van der Waals surface area contributed by atoms with E-state index in [9.17, 15) is 0 Å². The highest BCUT2D eigenvalue weighted by atomic mass is 15.0. The summed E-state index contributed by atoms with van der Waals surface area (Å²) in [6.45, 7) is 0. The van der Waals surface area contributed by atoms with Crippen molar-refractivity contribution in [2.75, 3.05) is 0 Å². The Morgan fingerprint density at radius 2 is 0.621 bits per heavy atom.